The van der Waals surface area contributed by atoms with Crippen LogP contribution >= 0.6 is 0 Å². The number of benzene rings is 2. The van der Waals surface area contributed by atoms with Gasteiger partial charge >= 0.3 is 0 Å². The zero-order valence-electron chi connectivity index (χ0n) is 15.4. The fraction of sp³-hybridized carbons (Fsp3) is 0.227. The highest BCUT2D eigenvalue weighted by Gasteiger charge is 2.25. The first kappa shape index (κ1) is 18.0. The van der Waals surface area contributed by atoms with Crippen molar-refractivity contribution >= 4 is 17.5 Å². The lowest BCUT2D eigenvalue weighted by atomic mass is 10.1. The van der Waals surface area contributed by atoms with Gasteiger partial charge in [-0.3, -0.25) is 9.59 Å². The number of para-hydroxylation sites is 1. The fourth-order valence-corrected chi connectivity index (χ4v) is 2.88. The maximum atomic E-state index is 12.4. The molecule has 0 unspecified atom stereocenters. The number of oxazole rings is 1. The Morgan fingerprint density at radius 1 is 1.04 bits per heavy atom. The normalized spacial score (nSPS) is 13.1. The van der Waals surface area contributed by atoms with Gasteiger partial charge < -0.3 is 15.1 Å². The summed E-state index contributed by atoms with van der Waals surface area (Å²) in [4.78, 5) is 28.9. The summed E-state index contributed by atoms with van der Waals surface area (Å²) in [6.07, 6.45) is 4.30. The summed E-state index contributed by atoms with van der Waals surface area (Å²) in [5.74, 6) is 0.844. The molecule has 0 saturated heterocycles. The van der Waals surface area contributed by atoms with E-state index in [4.69, 9.17) is 4.42 Å². The van der Waals surface area contributed by atoms with Crippen LogP contribution in [0.1, 0.15) is 35.5 Å². The topological polar surface area (TPSA) is 84.2 Å². The van der Waals surface area contributed by atoms with Gasteiger partial charge in [0.05, 0.1) is 17.4 Å². The van der Waals surface area contributed by atoms with E-state index >= 15 is 0 Å². The molecule has 2 amide bonds. The van der Waals surface area contributed by atoms with Crippen LogP contribution in [0.2, 0.25) is 0 Å². The number of nitrogens with zero attached hydrogens (tertiary/aromatic N) is 1. The SMILES string of the molecule is O=C(CCc1ncc(-c2ccccc2)o1)Nc1ccccc1C(=O)NC1CC1. The monoisotopic (exact) mass is 375 g/mol. The summed E-state index contributed by atoms with van der Waals surface area (Å²) < 4.78 is 5.73. The minimum atomic E-state index is -0.189. The number of amides is 2. The van der Waals surface area contributed by atoms with E-state index in [0.717, 1.165) is 18.4 Å². The van der Waals surface area contributed by atoms with E-state index in [-0.39, 0.29) is 24.3 Å². The van der Waals surface area contributed by atoms with Gasteiger partial charge in [0, 0.05) is 24.4 Å². The maximum absolute atomic E-state index is 12.4. The predicted octanol–water partition coefficient (Wildman–Crippen LogP) is 3.81. The van der Waals surface area contributed by atoms with Crippen LogP contribution in [0.25, 0.3) is 11.3 Å². The van der Waals surface area contributed by atoms with Crippen LogP contribution in [0.5, 0.6) is 0 Å². The lowest BCUT2D eigenvalue weighted by Crippen LogP contribution is -2.27. The first-order valence-corrected chi connectivity index (χ1v) is 9.39. The second kappa shape index (κ2) is 8.08. The van der Waals surface area contributed by atoms with Crippen LogP contribution < -0.4 is 10.6 Å². The van der Waals surface area contributed by atoms with Gasteiger partial charge in [0.2, 0.25) is 5.91 Å². The van der Waals surface area contributed by atoms with Crippen LogP contribution in [0.15, 0.2) is 65.2 Å². The van der Waals surface area contributed by atoms with Crippen molar-refractivity contribution in [3.63, 3.8) is 0 Å². The number of carbonyl (C=O) groups is 2. The molecule has 142 valence electrons. The standard InChI is InChI=1S/C22H21N3O3/c26-20(12-13-21-23-14-19(28-21)15-6-2-1-3-7-15)25-18-9-5-4-8-17(18)22(27)24-16-10-11-16/h1-9,14,16H,10-13H2,(H,24,27)(H,25,26). The second-order valence-corrected chi connectivity index (χ2v) is 6.83. The molecule has 6 nitrogen and oxygen atoms in total. The Kier molecular flexibility index (Phi) is 5.19. The molecule has 3 aromatic rings. The van der Waals surface area contributed by atoms with Crippen molar-refractivity contribution in [3.05, 3.63) is 72.2 Å². The van der Waals surface area contributed by atoms with Crippen molar-refractivity contribution in [2.75, 3.05) is 5.32 Å². The first-order chi connectivity index (χ1) is 13.7. The Morgan fingerprint density at radius 2 is 1.79 bits per heavy atom. The highest BCUT2D eigenvalue weighted by Crippen LogP contribution is 2.22. The molecule has 1 fully saturated rings. The van der Waals surface area contributed by atoms with Crippen LogP contribution in [0.3, 0.4) is 0 Å². The number of hydrogen-bond donors (Lipinski definition) is 2. The van der Waals surface area contributed by atoms with Crippen LogP contribution in [0, 0.1) is 0 Å². The average Bonchev–Trinajstić information content (AvgIpc) is 3.40. The number of hydrogen-bond acceptors (Lipinski definition) is 4. The Labute approximate surface area is 163 Å². The Morgan fingerprint density at radius 3 is 2.57 bits per heavy atom. The van der Waals surface area contributed by atoms with Crippen molar-refractivity contribution in [2.24, 2.45) is 0 Å². The minimum Gasteiger partial charge on any atom is -0.441 e. The Balaban J connectivity index is 1.35. The smallest absolute Gasteiger partial charge is 0.253 e. The van der Waals surface area contributed by atoms with Gasteiger partial charge in [0.15, 0.2) is 11.7 Å². The Hall–Kier alpha value is -3.41. The van der Waals surface area contributed by atoms with Crippen LogP contribution in [-0.2, 0) is 11.2 Å². The third kappa shape index (κ3) is 4.46. The van der Waals surface area contributed by atoms with E-state index in [0.29, 0.717) is 29.3 Å². The second-order valence-electron chi connectivity index (χ2n) is 6.83. The molecule has 28 heavy (non-hydrogen) atoms. The van der Waals surface area contributed by atoms with Gasteiger partial charge in [-0.1, -0.05) is 42.5 Å². The van der Waals surface area contributed by atoms with Crippen molar-refractivity contribution in [3.8, 4) is 11.3 Å². The molecule has 0 radical (unpaired) electrons. The summed E-state index contributed by atoms with van der Waals surface area (Å²) in [7, 11) is 0. The highest BCUT2D eigenvalue weighted by atomic mass is 16.4. The molecule has 2 aromatic carbocycles. The summed E-state index contributed by atoms with van der Waals surface area (Å²) in [5, 5.41) is 5.77. The first-order valence-electron chi connectivity index (χ1n) is 9.39. The third-order valence-corrected chi connectivity index (χ3v) is 4.54. The summed E-state index contributed by atoms with van der Waals surface area (Å²) in [6.45, 7) is 0. The molecule has 1 saturated carbocycles. The molecule has 1 aliphatic rings. The molecule has 0 atom stereocenters. The average molecular weight is 375 g/mol. The molecule has 6 heteroatoms. The van der Waals surface area contributed by atoms with E-state index < -0.39 is 0 Å². The number of aromatic nitrogens is 1. The molecule has 1 aromatic heterocycles. The van der Waals surface area contributed by atoms with Gasteiger partial charge in [-0.25, -0.2) is 4.98 Å². The van der Waals surface area contributed by atoms with Gasteiger partial charge in [0.25, 0.3) is 5.91 Å². The summed E-state index contributed by atoms with van der Waals surface area (Å²) >= 11 is 0. The molecule has 0 bridgehead atoms. The molecular formula is C22H21N3O3. The molecule has 2 N–H and O–H groups in total. The van der Waals surface area contributed by atoms with Crippen LogP contribution in [-0.4, -0.2) is 22.8 Å². The molecule has 4 rings (SSSR count). The molecule has 0 aliphatic heterocycles. The number of rotatable bonds is 7. The fourth-order valence-electron chi connectivity index (χ4n) is 2.88. The summed E-state index contributed by atoms with van der Waals surface area (Å²) in [6, 6.07) is 17.0. The van der Waals surface area contributed by atoms with E-state index in [1.165, 1.54) is 0 Å². The molecule has 0 spiro atoms. The Bertz CT molecular complexity index is 977. The van der Waals surface area contributed by atoms with Crippen molar-refractivity contribution < 1.29 is 14.0 Å². The quantitative estimate of drug-likeness (QED) is 0.658. The van der Waals surface area contributed by atoms with E-state index in [1.54, 1.807) is 30.5 Å². The predicted molar refractivity (Wildman–Crippen MR) is 106 cm³/mol. The lowest BCUT2D eigenvalue weighted by molar-refractivity contribution is -0.116. The summed E-state index contributed by atoms with van der Waals surface area (Å²) in [5.41, 5.74) is 1.94. The molecule has 1 aliphatic carbocycles. The lowest BCUT2D eigenvalue weighted by Gasteiger charge is -2.10. The van der Waals surface area contributed by atoms with Crippen molar-refractivity contribution in [1.29, 1.82) is 0 Å². The zero-order valence-corrected chi connectivity index (χ0v) is 15.4. The van der Waals surface area contributed by atoms with E-state index in [1.807, 2.05) is 30.3 Å². The number of carbonyl (C=O) groups excluding carboxylic acids is 2. The van der Waals surface area contributed by atoms with E-state index in [9.17, 15) is 9.59 Å². The van der Waals surface area contributed by atoms with Crippen molar-refractivity contribution in [2.45, 2.75) is 31.7 Å². The largest absolute Gasteiger partial charge is 0.441 e. The van der Waals surface area contributed by atoms with Gasteiger partial charge in [0.1, 0.15) is 0 Å². The van der Waals surface area contributed by atoms with Gasteiger partial charge in [-0.15, -0.1) is 0 Å². The zero-order chi connectivity index (χ0) is 19.3. The van der Waals surface area contributed by atoms with Crippen LogP contribution in [0.4, 0.5) is 5.69 Å². The van der Waals surface area contributed by atoms with Gasteiger partial charge in [-0.2, -0.15) is 0 Å². The highest BCUT2D eigenvalue weighted by molar-refractivity contribution is 6.03. The van der Waals surface area contributed by atoms with Gasteiger partial charge in [-0.05, 0) is 25.0 Å². The number of nitrogens with one attached hydrogen (secondary N) is 2. The number of anilines is 1. The number of aryl methyl sites for hydroxylation is 1. The van der Waals surface area contributed by atoms with E-state index in [2.05, 4.69) is 15.6 Å². The minimum absolute atomic E-state index is 0.154. The van der Waals surface area contributed by atoms with Crippen molar-refractivity contribution in [1.82, 2.24) is 10.3 Å². The third-order valence-electron chi connectivity index (χ3n) is 4.54. The maximum Gasteiger partial charge on any atom is 0.253 e. The molecular weight excluding hydrogens is 354 g/mol. The molecule has 1 heterocycles.